The summed E-state index contributed by atoms with van der Waals surface area (Å²) in [5.74, 6) is 0.623. The van der Waals surface area contributed by atoms with Crippen molar-refractivity contribution in [1.82, 2.24) is 15.3 Å². The molecule has 0 aliphatic heterocycles. The van der Waals surface area contributed by atoms with E-state index in [0.717, 1.165) is 34.2 Å². The molecule has 1 saturated carbocycles. The lowest BCUT2D eigenvalue weighted by Gasteiger charge is -2.05. The summed E-state index contributed by atoms with van der Waals surface area (Å²) in [6, 6.07) is 4.78. The van der Waals surface area contributed by atoms with Crippen molar-refractivity contribution in [2.45, 2.75) is 45.7 Å². The second kappa shape index (κ2) is 6.55. The predicted molar refractivity (Wildman–Crippen MR) is 91.4 cm³/mol. The first-order valence-corrected chi connectivity index (χ1v) is 9.06. The van der Waals surface area contributed by atoms with E-state index in [1.165, 1.54) is 23.4 Å². The molecule has 1 aliphatic rings. The van der Waals surface area contributed by atoms with Crippen LogP contribution in [0.1, 0.15) is 37.3 Å². The summed E-state index contributed by atoms with van der Waals surface area (Å²) in [6.07, 6.45) is 5.51. The van der Waals surface area contributed by atoms with Crippen LogP contribution in [0.15, 0.2) is 22.8 Å². The Hall–Kier alpha value is -0.780. The van der Waals surface area contributed by atoms with Gasteiger partial charge in [-0.25, -0.2) is 4.98 Å². The molecule has 2 aromatic rings. The molecular weight excluding hydrogens is 346 g/mol. The number of thiazole rings is 1. The molecule has 3 rings (SSSR count). The summed E-state index contributed by atoms with van der Waals surface area (Å²) in [7, 11) is 0. The van der Waals surface area contributed by atoms with Crippen LogP contribution in [0.4, 0.5) is 0 Å². The monoisotopic (exact) mass is 365 g/mol. The average Bonchev–Trinajstić information content (AvgIpc) is 3.19. The number of halogens is 1. The standard InChI is InChI=1S/C16H20BrN3S/c1-10(2)7-14-15(9-18-12-4-5-12)21-16(20-14)13-6-3-11(17)8-19-13/h3,6,8,10,12,18H,4-5,7,9H2,1-2H3. The zero-order valence-electron chi connectivity index (χ0n) is 12.4. The number of hydrogen-bond acceptors (Lipinski definition) is 4. The van der Waals surface area contributed by atoms with Crippen molar-refractivity contribution in [3.8, 4) is 10.7 Å². The van der Waals surface area contributed by atoms with Crippen LogP contribution in [0.3, 0.4) is 0 Å². The Bertz CT molecular complexity index is 602. The predicted octanol–water partition coefficient (Wildman–Crippen LogP) is 4.42. The van der Waals surface area contributed by atoms with Gasteiger partial charge in [-0.05, 0) is 53.2 Å². The topological polar surface area (TPSA) is 37.8 Å². The zero-order valence-corrected chi connectivity index (χ0v) is 14.8. The Kier molecular flexibility index (Phi) is 4.72. The van der Waals surface area contributed by atoms with Crippen LogP contribution in [-0.2, 0) is 13.0 Å². The maximum absolute atomic E-state index is 4.85. The molecule has 1 fully saturated rings. The molecule has 0 aromatic carbocycles. The molecule has 1 aliphatic carbocycles. The number of nitrogens with one attached hydrogen (secondary N) is 1. The SMILES string of the molecule is CC(C)Cc1nc(-c2ccc(Br)cn2)sc1CNC1CC1. The minimum absolute atomic E-state index is 0.623. The van der Waals surface area contributed by atoms with Gasteiger partial charge in [-0.2, -0.15) is 0 Å². The van der Waals surface area contributed by atoms with Gasteiger partial charge in [-0.1, -0.05) is 13.8 Å². The van der Waals surface area contributed by atoms with Crippen molar-refractivity contribution >= 4 is 27.3 Å². The van der Waals surface area contributed by atoms with E-state index in [-0.39, 0.29) is 0 Å². The van der Waals surface area contributed by atoms with E-state index < -0.39 is 0 Å². The quantitative estimate of drug-likeness (QED) is 0.823. The van der Waals surface area contributed by atoms with Gasteiger partial charge in [0.15, 0.2) is 0 Å². The number of hydrogen-bond donors (Lipinski definition) is 1. The van der Waals surface area contributed by atoms with E-state index >= 15 is 0 Å². The molecular formula is C16H20BrN3S. The fraction of sp³-hybridized carbons (Fsp3) is 0.500. The summed E-state index contributed by atoms with van der Waals surface area (Å²) in [6.45, 7) is 5.44. The highest BCUT2D eigenvalue weighted by Crippen LogP contribution is 2.30. The molecule has 5 heteroatoms. The van der Waals surface area contributed by atoms with Gasteiger partial charge in [0.2, 0.25) is 0 Å². The molecule has 0 unspecified atom stereocenters. The lowest BCUT2D eigenvalue weighted by atomic mass is 10.1. The Morgan fingerprint density at radius 2 is 2.19 bits per heavy atom. The number of pyridine rings is 1. The van der Waals surface area contributed by atoms with Gasteiger partial charge in [-0.3, -0.25) is 4.98 Å². The van der Waals surface area contributed by atoms with Crippen LogP contribution in [0.2, 0.25) is 0 Å². The van der Waals surface area contributed by atoms with Gasteiger partial charge in [0.1, 0.15) is 5.01 Å². The van der Waals surface area contributed by atoms with Gasteiger partial charge < -0.3 is 5.32 Å². The molecule has 0 amide bonds. The maximum Gasteiger partial charge on any atom is 0.142 e. The van der Waals surface area contributed by atoms with Crippen LogP contribution < -0.4 is 5.32 Å². The minimum atomic E-state index is 0.623. The third-order valence-corrected chi connectivity index (χ3v) is 5.04. The van der Waals surface area contributed by atoms with Crippen molar-refractivity contribution in [1.29, 1.82) is 0 Å². The van der Waals surface area contributed by atoms with Gasteiger partial charge >= 0.3 is 0 Å². The highest BCUT2D eigenvalue weighted by Gasteiger charge is 2.22. The smallest absolute Gasteiger partial charge is 0.142 e. The lowest BCUT2D eigenvalue weighted by molar-refractivity contribution is 0.624. The van der Waals surface area contributed by atoms with Crippen molar-refractivity contribution < 1.29 is 0 Å². The van der Waals surface area contributed by atoms with Crippen LogP contribution in [0, 0.1) is 5.92 Å². The number of rotatable bonds is 6. The van der Waals surface area contributed by atoms with Crippen LogP contribution in [0.5, 0.6) is 0 Å². The lowest BCUT2D eigenvalue weighted by Crippen LogP contribution is -2.15. The van der Waals surface area contributed by atoms with Crippen LogP contribution >= 0.6 is 27.3 Å². The molecule has 2 aromatic heterocycles. The molecule has 0 saturated heterocycles. The van der Waals surface area contributed by atoms with Crippen molar-refractivity contribution in [2.24, 2.45) is 5.92 Å². The van der Waals surface area contributed by atoms with Crippen LogP contribution in [0.25, 0.3) is 10.7 Å². The summed E-state index contributed by atoms with van der Waals surface area (Å²) in [5.41, 5.74) is 2.20. The molecule has 0 radical (unpaired) electrons. The first kappa shape index (κ1) is 15.1. The first-order valence-electron chi connectivity index (χ1n) is 7.45. The molecule has 0 atom stereocenters. The summed E-state index contributed by atoms with van der Waals surface area (Å²) in [5, 5.41) is 4.64. The van der Waals surface area contributed by atoms with Gasteiger partial charge in [0, 0.05) is 28.1 Å². The summed E-state index contributed by atoms with van der Waals surface area (Å²) in [4.78, 5) is 10.7. The highest BCUT2D eigenvalue weighted by atomic mass is 79.9. The zero-order chi connectivity index (χ0) is 14.8. The molecule has 21 heavy (non-hydrogen) atoms. The third-order valence-electron chi connectivity index (χ3n) is 3.45. The summed E-state index contributed by atoms with van der Waals surface area (Å²) < 4.78 is 1.00. The van der Waals surface area contributed by atoms with E-state index in [0.29, 0.717) is 5.92 Å². The molecule has 0 bridgehead atoms. The molecule has 112 valence electrons. The van der Waals surface area contributed by atoms with E-state index in [1.807, 2.05) is 18.3 Å². The summed E-state index contributed by atoms with van der Waals surface area (Å²) >= 11 is 5.21. The third kappa shape index (κ3) is 4.11. The molecule has 1 N–H and O–H groups in total. The second-order valence-corrected chi connectivity index (χ2v) is 8.00. The van der Waals surface area contributed by atoms with Crippen molar-refractivity contribution in [3.05, 3.63) is 33.4 Å². The minimum Gasteiger partial charge on any atom is -0.309 e. The van der Waals surface area contributed by atoms with Gasteiger partial charge in [0.05, 0.1) is 11.4 Å². The molecule has 0 spiro atoms. The Labute approximate surface area is 138 Å². The van der Waals surface area contributed by atoms with Gasteiger partial charge in [-0.15, -0.1) is 11.3 Å². The Morgan fingerprint density at radius 3 is 2.81 bits per heavy atom. The fourth-order valence-electron chi connectivity index (χ4n) is 2.20. The van der Waals surface area contributed by atoms with Gasteiger partial charge in [0.25, 0.3) is 0 Å². The largest absolute Gasteiger partial charge is 0.309 e. The van der Waals surface area contributed by atoms with Crippen molar-refractivity contribution in [3.63, 3.8) is 0 Å². The van der Waals surface area contributed by atoms with E-state index in [9.17, 15) is 0 Å². The fourth-order valence-corrected chi connectivity index (χ4v) is 3.46. The van der Waals surface area contributed by atoms with E-state index in [2.05, 4.69) is 40.1 Å². The average molecular weight is 366 g/mol. The number of nitrogens with zero attached hydrogens (tertiary/aromatic N) is 2. The normalized spacial score (nSPS) is 14.9. The van der Waals surface area contributed by atoms with Crippen LogP contribution in [-0.4, -0.2) is 16.0 Å². The Balaban J connectivity index is 1.84. The molecule has 3 nitrogen and oxygen atoms in total. The molecule has 2 heterocycles. The first-order chi connectivity index (χ1) is 10.1. The number of aromatic nitrogens is 2. The van der Waals surface area contributed by atoms with E-state index in [1.54, 1.807) is 11.3 Å². The Morgan fingerprint density at radius 1 is 1.38 bits per heavy atom. The highest BCUT2D eigenvalue weighted by molar-refractivity contribution is 9.10. The van der Waals surface area contributed by atoms with E-state index in [4.69, 9.17) is 4.98 Å². The maximum atomic E-state index is 4.85. The van der Waals surface area contributed by atoms with Crippen molar-refractivity contribution in [2.75, 3.05) is 0 Å². The second-order valence-electron chi connectivity index (χ2n) is 6.00.